The normalized spacial score (nSPS) is 10.1. The molecule has 1 aromatic carbocycles. The summed E-state index contributed by atoms with van der Waals surface area (Å²) >= 11 is 0. The Morgan fingerprint density at radius 3 is 2.79 bits per heavy atom. The molecule has 0 bridgehead atoms. The van der Waals surface area contributed by atoms with Crippen LogP contribution in [0.2, 0.25) is 0 Å². The van der Waals surface area contributed by atoms with E-state index < -0.39 is 0 Å². The summed E-state index contributed by atoms with van der Waals surface area (Å²) in [4.78, 5) is 0. The molecule has 0 aliphatic rings. The maximum atomic E-state index is 9.48. The van der Waals surface area contributed by atoms with Crippen molar-refractivity contribution in [3.05, 3.63) is 29.3 Å². The summed E-state index contributed by atoms with van der Waals surface area (Å²) in [6.07, 6.45) is 0. The van der Waals surface area contributed by atoms with Crippen molar-refractivity contribution in [2.45, 2.75) is 13.5 Å². The van der Waals surface area contributed by atoms with Crippen molar-refractivity contribution in [2.75, 3.05) is 6.61 Å². The van der Waals surface area contributed by atoms with Crippen molar-refractivity contribution < 1.29 is 9.84 Å². The first-order valence-corrected chi connectivity index (χ1v) is 4.39. The van der Waals surface area contributed by atoms with Gasteiger partial charge < -0.3 is 15.6 Å². The maximum absolute atomic E-state index is 9.48. The first-order chi connectivity index (χ1) is 6.65. The molecule has 0 atom stereocenters. The molecule has 0 fully saturated rings. The van der Waals surface area contributed by atoms with Crippen molar-refractivity contribution in [2.24, 2.45) is 5.73 Å². The Labute approximate surface area is 82.8 Å². The van der Waals surface area contributed by atoms with Gasteiger partial charge in [-0.25, -0.2) is 0 Å². The standard InChI is InChI=1S/C10H14N2O2/c1-2-14-6-7-3-4-8(10(11)12)9(13)5-7/h3-5,13H,2,6H2,1H3,(H3,11,12). The molecule has 0 unspecified atom stereocenters. The van der Waals surface area contributed by atoms with Gasteiger partial charge in [-0.05, 0) is 24.6 Å². The number of hydrogen-bond acceptors (Lipinski definition) is 3. The number of hydrogen-bond donors (Lipinski definition) is 3. The van der Waals surface area contributed by atoms with Gasteiger partial charge >= 0.3 is 0 Å². The van der Waals surface area contributed by atoms with Gasteiger partial charge in [-0.1, -0.05) is 6.07 Å². The number of ether oxygens (including phenoxy) is 1. The number of aromatic hydroxyl groups is 1. The molecule has 4 heteroatoms. The molecule has 4 N–H and O–H groups in total. The number of nitrogens with two attached hydrogens (primary N) is 1. The fourth-order valence-electron chi connectivity index (χ4n) is 1.11. The third-order valence-electron chi connectivity index (χ3n) is 1.83. The summed E-state index contributed by atoms with van der Waals surface area (Å²) in [6, 6.07) is 4.96. The highest BCUT2D eigenvalue weighted by molar-refractivity contribution is 5.97. The van der Waals surface area contributed by atoms with E-state index in [9.17, 15) is 5.11 Å². The number of phenols is 1. The minimum atomic E-state index is -0.134. The molecule has 1 rings (SSSR count). The summed E-state index contributed by atoms with van der Waals surface area (Å²) < 4.78 is 5.18. The van der Waals surface area contributed by atoms with Gasteiger partial charge in [-0.2, -0.15) is 0 Å². The summed E-state index contributed by atoms with van der Waals surface area (Å²) in [6.45, 7) is 3.00. The predicted molar refractivity (Wildman–Crippen MR) is 54.5 cm³/mol. The second-order valence-corrected chi connectivity index (χ2v) is 2.90. The molecule has 0 spiro atoms. The maximum Gasteiger partial charge on any atom is 0.126 e. The van der Waals surface area contributed by atoms with E-state index in [4.69, 9.17) is 15.9 Å². The van der Waals surface area contributed by atoms with E-state index in [-0.39, 0.29) is 11.6 Å². The van der Waals surface area contributed by atoms with Gasteiger partial charge in [0.15, 0.2) is 0 Å². The Balaban J connectivity index is 2.83. The first kappa shape index (κ1) is 10.5. The zero-order chi connectivity index (χ0) is 10.6. The van der Waals surface area contributed by atoms with Crippen LogP contribution in [0.5, 0.6) is 5.75 Å². The lowest BCUT2D eigenvalue weighted by molar-refractivity contribution is 0.134. The molecule has 0 radical (unpaired) electrons. The molecule has 76 valence electrons. The zero-order valence-electron chi connectivity index (χ0n) is 8.08. The van der Waals surface area contributed by atoms with Gasteiger partial charge in [-0.15, -0.1) is 0 Å². The monoisotopic (exact) mass is 194 g/mol. The fourth-order valence-corrected chi connectivity index (χ4v) is 1.11. The third kappa shape index (κ3) is 2.47. The number of benzene rings is 1. The molecule has 0 aliphatic carbocycles. The molecule has 0 saturated carbocycles. The van der Waals surface area contributed by atoms with Crippen LogP contribution in [0.3, 0.4) is 0 Å². The summed E-state index contributed by atoms with van der Waals surface area (Å²) in [5.41, 5.74) is 6.48. The van der Waals surface area contributed by atoms with Crippen LogP contribution in [-0.4, -0.2) is 17.5 Å². The Hall–Kier alpha value is -1.55. The summed E-state index contributed by atoms with van der Waals surface area (Å²) in [5, 5.41) is 16.7. The summed E-state index contributed by atoms with van der Waals surface area (Å²) in [5.74, 6) is -0.111. The zero-order valence-corrected chi connectivity index (χ0v) is 8.08. The van der Waals surface area contributed by atoms with Crippen LogP contribution in [0.25, 0.3) is 0 Å². The van der Waals surface area contributed by atoms with E-state index in [1.807, 2.05) is 6.92 Å². The molecule has 0 heterocycles. The van der Waals surface area contributed by atoms with Crippen LogP contribution in [0.15, 0.2) is 18.2 Å². The lowest BCUT2D eigenvalue weighted by Crippen LogP contribution is -2.11. The second-order valence-electron chi connectivity index (χ2n) is 2.90. The molecule has 0 amide bonds. The van der Waals surface area contributed by atoms with Crippen LogP contribution in [0.4, 0.5) is 0 Å². The average Bonchev–Trinajstić information content (AvgIpc) is 2.14. The number of amidine groups is 1. The molecule has 0 saturated heterocycles. The van der Waals surface area contributed by atoms with Crippen molar-refractivity contribution >= 4 is 5.84 Å². The van der Waals surface area contributed by atoms with Crippen molar-refractivity contribution in [3.63, 3.8) is 0 Å². The quantitative estimate of drug-likeness (QED) is 0.498. The van der Waals surface area contributed by atoms with E-state index in [0.717, 1.165) is 5.56 Å². The number of rotatable bonds is 4. The Kier molecular flexibility index (Phi) is 3.48. The van der Waals surface area contributed by atoms with E-state index in [2.05, 4.69) is 0 Å². The smallest absolute Gasteiger partial charge is 0.126 e. The highest BCUT2D eigenvalue weighted by Gasteiger charge is 2.04. The van der Waals surface area contributed by atoms with Crippen LogP contribution in [0, 0.1) is 5.41 Å². The minimum absolute atomic E-state index is 0.0229. The lowest BCUT2D eigenvalue weighted by atomic mass is 10.1. The first-order valence-electron chi connectivity index (χ1n) is 4.39. The third-order valence-corrected chi connectivity index (χ3v) is 1.83. The average molecular weight is 194 g/mol. The Morgan fingerprint density at radius 1 is 1.57 bits per heavy atom. The molecule has 1 aromatic rings. The van der Waals surface area contributed by atoms with E-state index in [0.29, 0.717) is 18.8 Å². The second kappa shape index (κ2) is 4.62. The van der Waals surface area contributed by atoms with Gasteiger partial charge in [0.1, 0.15) is 11.6 Å². The van der Waals surface area contributed by atoms with E-state index in [1.54, 1.807) is 18.2 Å². The SMILES string of the molecule is CCOCc1ccc(C(=N)N)c(O)c1. The Bertz CT molecular complexity index is 337. The van der Waals surface area contributed by atoms with Crippen LogP contribution >= 0.6 is 0 Å². The van der Waals surface area contributed by atoms with Gasteiger partial charge in [-0.3, -0.25) is 5.41 Å². The lowest BCUT2D eigenvalue weighted by Gasteiger charge is -2.05. The molecule has 4 nitrogen and oxygen atoms in total. The van der Waals surface area contributed by atoms with Crippen LogP contribution in [-0.2, 0) is 11.3 Å². The molecule has 14 heavy (non-hydrogen) atoms. The van der Waals surface area contributed by atoms with Crippen molar-refractivity contribution in [1.82, 2.24) is 0 Å². The fraction of sp³-hybridized carbons (Fsp3) is 0.300. The van der Waals surface area contributed by atoms with Crippen LogP contribution in [0.1, 0.15) is 18.1 Å². The van der Waals surface area contributed by atoms with Crippen molar-refractivity contribution in [1.29, 1.82) is 5.41 Å². The van der Waals surface area contributed by atoms with Gasteiger partial charge in [0.2, 0.25) is 0 Å². The highest BCUT2D eigenvalue weighted by Crippen LogP contribution is 2.18. The number of nitrogen functional groups attached to an aromatic ring is 1. The predicted octanol–water partition coefficient (Wildman–Crippen LogP) is 1.21. The Morgan fingerprint density at radius 2 is 2.29 bits per heavy atom. The largest absolute Gasteiger partial charge is 0.507 e. The van der Waals surface area contributed by atoms with Crippen molar-refractivity contribution in [3.8, 4) is 5.75 Å². The van der Waals surface area contributed by atoms with Crippen LogP contribution < -0.4 is 5.73 Å². The minimum Gasteiger partial charge on any atom is -0.507 e. The highest BCUT2D eigenvalue weighted by atomic mass is 16.5. The van der Waals surface area contributed by atoms with Gasteiger partial charge in [0.25, 0.3) is 0 Å². The van der Waals surface area contributed by atoms with E-state index in [1.165, 1.54) is 0 Å². The van der Waals surface area contributed by atoms with E-state index >= 15 is 0 Å². The molecular weight excluding hydrogens is 180 g/mol. The number of phenolic OH excluding ortho intramolecular Hbond substituents is 1. The molecule has 0 aromatic heterocycles. The molecular formula is C10H14N2O2. The number of nitrogens with one attached hydrogen (secondary N) is 1. The molecule has 0 aliphatic heterocycles. The van der Waals surface area contributed by atoms with Gasteiger partial charge in [0.05, 0.1) is 12.2 Å². The van der Waals surface area contributed by atoms with Gasteiger partial charge in [0, 0.05) is 6.61 Å². The summed E-state index contributed by atoms with van der Waals surface area (Å²) in [7, 11) is 0. The topological polar surface area (TPSA) is 79.3 Å².